The number of oxazole rings is 1. The number of fused-ring (bicyclic) bond motifs is 1. The van der Waals surface area contributed by atoms with E-state index in [4.69, 9.17) is 4.42 Å². The SMILES string of the molecule is O=C(c1ccccc1-c1nn[nH]n1)N1CCc2oc(CCc3ccccc3)nc2C1. The smallest absolute Gasteiger partial charge is 0.254 e. The number of aromatic nitrogens is 5. The highest BCUT2D eigenvalue weighted by molar-refractivity contribution is 6.00. The molecule has 1 amide bonds. The number of aromatic amines is 1. The fraction of sp³-hybridized carbons (Fsp3) is 0.227. The molecule has 1 N–H and O–H groups in total. The molecular weight excluding hydrogens is 380 g/mol. The number of hydrogen-bond acceptors (Lipinski definition) is 6. The van der Waals surface area contributed by atoms with Crippen LogP contribution >= 0.6 is 0 Å². The molecule has 0 aliphatic carbocycles. The van der Waals surface area contributed by atoms with Gasteiger partial charge in [0, 0.05) is 24.9 Å². The zero-order valence-electron chi connectivity index (χ0n) is 16.3. The Bertz CT molecular complexity index is 1150. The minimum absolute atomic E-state index is 0.0742. The van der Waals surface area contributed by atoms with Gasteiger partial charge < -0.3 is 9.32 Å². The fourth-order valence-corrected chi connectivity index (χ4v) is 3.74. The molecule has 0 atom stereocenters. The van der Waals surface area contributed by atoms with Crippen molar-refractivity contribution in [3.63, 3.8) is 0 Å². The number of tetrazole rings is 1. The lowest BCUT2D eigenvalue weighted by Gasteiger charge is -2.26. The van der Waals surface area contributed by atoms with Crippen LogP contribution in [0.4, 0.5) is 0 Å². The van der Waals surface area contributed by atoms with Gasteiger partial charge in [-0.25, -0.2) is 4.98 Å². The molecular formula is C22H20N6O2. The predicted molar refractivity (Wildman–Crippen MR) is 108 cm³/mol. The summed E-state index contributed by atoms with van der Waals surface area (Å²) in [5.41, 5.74) is 3.30. The van der Waals surface area contributed by atoms with Crippen LogP contribution in [0.25, 0.3) is 11.4 Å². The minimum atomic E-state index is -0.0742. The molecule has 0 saturated heterocycles. The summed E-state index contributed by atoms with van der Waals surface area (Å²) in [6.45, 7) is 1.02. The highest BCUT2D eigenvalue weighted by atomic mass is 16.4. The fourth-order valence-electron chi connectivity index (χ4n) is 3.74. The summed E-state index contributed by atoms with van der Waals surface area (Å²) in [6, 6.07) is 17.6. The number of carbonyl (C=O) groups is 1. The van der Waals surface area contributed by atoms with E-state index < -0.39 is 0 Å². The van der Waals surface area contributed by atoms with Crippen molar-refractivity contribution >= 4 is 5.91 Å². The highest BCUT2D eigenvalue weighted by Gasteiger charge is 2.28. The highest BCUT2D eigenvalue weighted by Crippen LogP contribution is 2.25. The molecule has 30 heavy (non-hydrogen) atoms. The van der Waals surface area contributed by atoms with E-state index in [1.165, 1.54) is 5.56 Å². The van der Waals surface area contributed by atoms with E-state index in [2.05, 4.69) is 37.7 Å². The molecule has 0 saturated carbocycles. The van der Waals surface area contributed by atoms with Gasteiger partial charge in [-0.2, -0.15) is 5.21 Å². The first-order valence-corrected chi connectivity index (χ1v) is 9.91. The third-order valence-corrected chi connectivity index (χ3v) is 5.27. The Morgan fingerprint density at radius 3 is 2.73 bits per heavy atom. The van der Waals surface area contributed by atoms with Crippen LogP contribution in [0.5, 0.6) is 0 Å². The molecule has 8 heteroatoms. The second kappa shape index (κ2) is 7.90. The van der Waals surface area contributed by atoms with Gasteiger partial charge in [0.25, 0.3) is 5.91 Å². The van der Waals surface area contributed by atoms with Crippen LogP contribution < -0.4 is 0 Å². The van der Waals surface area contributed by atoms with Gasteiger partial charge >= 0.3 is 0 Å². The Balaban J connectivity index is 1.32. The number of benzene rings is 2. The molecule has 0 bridgehead atoms. The van der Waals surface area contributed by atoms with Crippen molar-refractivity contribution in [2.24, 2.45) is 0 Å². The lowest BCUT2D eigenvalue weighted by Crippen LogP contribution is -2.36. The van der Waals surface area contributed by atoms with Crippen LogP contribution in [-0.2, 0) is 25.8 Å². The monoisotopic (exact) mass is 400 g/mol. The summed E-state index contributed by atoms with van der Waals surface area (Å²) in [6.07, 6.45) is 2.27. The van der Waals surface area contributed by atoms with E-state index in [0.29, 0.717) is 36.5 Å². The number of rotatable bonds is 5. The van der Waals surface area contributed by atoms with Crippen molar-refractivity contribution < 1.29 is 9.21 Å². The van der Waals surface area contributed by atoms with Gasteiger partial charge in [-0.3, -0.25) is 4.79 Å². The third kappa shape index (κ3) is 3.59. The standard InChI is InChI=1S/C22H20N6O2/c29-22(17-9-5-4-8-16(17)21-24-26-27-25-21)28-13-12-19-18(14-28)23-20(30-19)11-10-15-6-2-1-3-7-15/h1-9H,10-14H2,(H,24,25,26,27). The predicted octanol–water partition coefficient (Wildman–Crippen LogP) is 2.84. The summed E-state index contributed by atoms with van der Waals surface area (Å²) >= 11 is 0. The van der Waals surface area contributed by atoms with Gasteiger partial charge in [0.2, 0.25) is 5.82 Å². The molecule has 2 aromatic carbocycles. The van der Waals surface area contributed by atoms with Gasteiger partial charge in [-0.15, -0.1) is 10.2 Å². The maximum absolute atomic E-state index is 13.2. The molecule has 0 fully saturated rings. The van der Waals surface area contributed by atoms with Gasteiger partial charge in [0.05, 0.1) is 12.1 Å². The number of hydrogen-bond donors (Lipinski definition) is 1. The van der Waals surface area contributed by atoms with E-state index in [9.17, 15) is 4.79 Å². The van der Waals surface area contributed by atoms with Gasteiger partial charge in [-0.05, 0) is 23.3 Å². The van der Waals surface area contributed by atoms with Crippen molar-refractivity contribution in [2.45, 2.75) is 25.8 Å². The molecule has 0 unspecified atom stereocenters. The average molecular weight is 400 g/mol. The average Bonchev–Trinajstić information content (AvgIpc) is 3.47. The van der Waals surface area contributed by atoms with Crippen molar-refractivity contribution in [1.82, 2.24) is 30.5 Å². The van der Waals surface area contributed by atoms with Crippen molar-refractivity contribution in [3.05, 3.63) is 83.1 Å². The first kappa shape index (κ1) is 18.2. The number of nitrogens with zero attached hydrogens (tertiary/aromatic N) is 5. The number of aryl methyl sites for hydroxylation is 2. The molecule has 150 valence electrons. The van der Waals surface area contributed by atoms with E-state index in [1.54, 1.807) is 11.0 Å². The Labute approximate surface area is 172 Å². The van der Waals surface area contributed by atoms with E-state index in [-0.39, 0.29) is 5.91 Å². The topological polar surface area (TPSA) is 101 Å². The molecule has 0 radical (unpaired) electrons. The molecule has 3 heterocycles. The zero-order chi connectivity index (χ0) is 20.3. The Morgan fingerprint density at radius 1 is 1.07 bits per heavy atom. The molecule has 2 aromatic heterocycles. The molecule has 4 aromatic rings. The molecule has 0 spiro atoms. The summed E-state index contributed by atoms with van der Waals surface area (Å²) < 4.78 is 5.96. The summed E-state index contributed by atoms with van der Waals surface area (Å²) in [5, 5.41) is 14.1. The summed E-state index contributed by atoms with van der Waals surface area (Å²) in [5.74, 6) is 1.94. The largest absolute Gasteiger partial charge is 0.445 e. The Morgan fingerprint density at radius 2 is 1.90 bits per heavy atom. The Kier molecular flexibility index (Phi) is 4.80. The van der Waals surface area contributed by atoms with Crippen molar-refractivity contribution in [1.29, 1.82) is 0 Å². The van der Waals surface area contributed by atoms with Crippen LogP contribution in [0, 0.1) is 0 Å². The van der Waals surface area contributed by atoms with Crippen LogP contribution in [0.3, 0.4) is 0 Å². The number of nitrogens with one attached hydrogen (secondary N) is 1. The minimum Gasteiger partial charge on any atom is -0.445 e. The van der Waals surface area contributed by atoms with E-state index in [0.717, 1.165) is 30.2 Å². The Hall–Kier alpha value is -3.81. The first-order valence-electron chi connectivity index (χ1n) is 9.91. The first-order chi connectivity index (χ1) is 14.8. The second-order valence-electron chi connectivity index (χ2n) is 7.22. The van der Waals surface area contributed by atoms with Gasteiger partial charge in [-0.1, -0.05) is 48.5 Å². The second-order valence-corrected chi connectivity index (χ2v) is 7.22. The van der Waals surface area contributed by atoms with Crippen LogP contribution in [0.1, 0.15) is 33.3 Å². The normalized spacial score (nSPS) is 13.3. The quantitative estimate of drug-likeness (QED) is 0.553. The van der Waals surface area contributed by atoms with Gasteiger partial charge in [0.15, 0.2) is 5.89 Å². The summed E-state index contributed by atoms with van der Waals surface area (Å²) in [4.78, 5) is 19.7. The molecule has 1 aliphatic heterocycles. The van der Waals surface area contributed by atoms with Crippen LogP contribution in [0.2, 0.25) is 0 Å². The molecule has 5 rings (SSSR count). The molecule has 8 nitrogen and oxygen atoms in total. The molecule has 1 aliphatic rings. The van der Waals surface area contributed by atoms with Crippen LogP contribution in [0.15, 0.2) is 59.0 Å². The maximum Gasteiger partial charge on any atom is 0.254 e. The number of amides is 1. The van der Waals surface area contributed by atoms with E-state index >= 15 is 0 Å². The zero-order valence-corrected chi connectivity index (χ0v) is 16.3. The summed E-state index contributed by atoms with van der Waals surface area (Å²) in [7, 11) is 0. The van der Waals surface area contributed by atoms with Crippen molar-refractivity contribution in [2.75, 3.05) is 6.54 Å². The van der Waals surface area contributed by atoms with Gasteiger partial charge in [0.1, 0.15) is 11.5 Å². The maximum atomic E-state index is 13.2. The lowest BCUT2D eigenvalue weighted by molar-refractivity contribution is 0.0728. The van der Waals surface area contributed by atoms with Crippen LogP contribution in [-0.4, -0.2) is 43.0 Å². The lowest BCUT2D eigenvalue weighted by atomic mass is 10.0. The third-order valence-electron chi connectivity index (χ3n) is 5.27. The van der Waals surface area contributed by atoms with E-state index in [1.807, 2.05) is 36.4 Å². The number of carbonyl (C=O) groups excluding carboxylic acids is 1. The van der Waals surface area contributed by atoms with Crippen molar-refractivity contribution in [3.8, 4) is 11.4 Å². The number of H-pyrrole nitrogens is 1.